The van der Waals surface area contributed by atoms with Gasteiger partial charge in [0.2, 0.25) is 0 Å². The molecule has 0 aliphatic rings. The van der Waals surface area contributed by atoms with Gasteiger partial charge in [0.15, 0.2) is 0 Å². The molecule has 0 amide bonds. The Morgan fingerprint density at radius 2 is 1.96 bits per heavy atom. The van der Waals surface area contributed by atoms with Crippen LogP contribution in [-0.2, 0) is 16.1 Å². The highest BCUT2D eigenvalue weighted by atomic mass is 16.5. The first-order valence-electron chi connectivity index (χ1n) is 8.86. The van der Waals surface area contributed by atoms with Gasteiger partial charge in [-0.3, -0.25) is 14.0 Å². The molecule has 0 unspecified atom stereocenters. The van der Waals surface area contributed by atoms with Crippen molar-refractivity contribution in [2.45, 2.75) is 33.3 Å². The van der Waals surface area contributed by atoms with Crippen molar-refractivity contribution in [3.05, 3.63) is 75.8 Å². The Balaban J connectivity index is 1.48. The Bertz CT molecular complexity index is 1010. The van der Waals surface area contributed by atoms with E-state index in [1.165, 1.54) is 10.5 Å². The largest absolute Gasteiger partial charge is 0.493 e. The van der Waals surface area contributed by atoms with Gasteiger partial charge >= 0.3 is 5.97 Å². The SMILES string of the molecule is Cc1ccc2nc(COC(=O)CCCOc3ccccc3C)cc(=O)n2c1. The molecule has 6 heteroatoms. The molecule has 2 aromatic heterocycles. The van der Waals surface area contributed by atoms with E-state index in [1.807, 2.05) is 44.2 Å². The lowest BCUT2D eigenvalue weighted by Crippen LogP contribution is -2.17. The van der Waals surface area contributed by atoms with Gasteiger partial charge in [-0.1, -0.05) is 24.3 Å². The molecule has 0 aliphatic carbocycles. The van der Waals surface area contributed by atoms with Gasteiger partial charge in [0, 0.05) is 18.7 Å². The van der Waals surface area contributed by atoms with Crippen molar-refractivity contribution in [2.24, 2.45) is 0 Å². The maximum atomic E-state index is 12.1. The van der Waals surface area contributed by atoms with Gasteiger partial charge in [0.25, 0.3) is 5.56 Å². The van der Waals surface area contributed by atoms with Crippen LogP contribution in [0.3, 0.4) is 0 Å². The van der Waals surface area contributed by atoms with Crippen LogP contribution in [0, 0.1) is 13.8 Å². The van der Waals surface area contributed by atoms with E-state index in [4.69, 9.17) is 9.47 Å². The third kappa shape index (κ3) is 4.94. The third-order valence-electron chi connectivity index (χ3n) is 4.12. The molecule has 6 nitrogen and oxygen atoms in total. The number of para-hydroxylation sites is 1. The van der Waals surface area contributed by atoms with Crippen molar-refractivity contribution < 1.29 is 14.3 Å². The number of aromatic nitrogens is 2. The summed E-state index contributed by atoms with van der Waals surface area (Å²) in [5, 5.41) is 0. The maximum Gasteiger partial charge on any atom is 0.306 e. The summed E-state index contributed by atoms with van der Waals surface area (Å²) >= 11 is 0. The second-order valence-electron chi connectivity index (χ2n) is 6.40. The lowest BCUT2D eigenvalue weighted by atomic mass is 10.2. The zero-order valence-electron chi connectivity index (χ0n) is 15.5. The molecule has 0 atom stereocenters. The van der Waals surface area contributed by atoms with E-state index in [9.17, 15) is 9.59 Å². The van der Waals surface area contributed by atoms with Crippen LogP contribution in [-0.4, -0.2) is 22.0 Å². The molecule has 0 spiro atoms. The van der Waals surface area contributed by atoms with Crippen LogP contribution in [0.5, 0.6) is 5.75 Å². The van der Waals surface area contributed by atoms with Crippen LogP contribution in [0.15, 0.2) is 53.5 Å². The molecule has 3 aromatic rings. The minimum Gasteiger partial charge on any atom is -0.493 e. The van der Waals surface area contributed by atoms with E-state index in [0.29, 0.717) is 24.4 Å². The zero-order valence-corrected chi connectivity index (χ0v) is 15.5. The molecular formula is C21H22N2O4. The van der Waals surface area contributed by atoms with E-state index in [1.54, 1.807) is 12.3 Å². The van der Waals surface area contributed by atoms with Gasteiger partial charge in [-0.05, 0) is 43.5 Å². The third-order valence-corrected chi connectivity index (χ3v) is 4.12. The predicted octanol–water partition coefficient (Wildman–Crippen LogP) is 3.21. The minimum absolute atomic E-state index is 0.0168. The topological polar surface area (TPSA) is 69.9 Å². The number of carbonyl (C=O) groups excluding carboxylic acids is 1. The summed E-state index contributed by atoms with van der Waals surface area (Å²) in [6.45, 7) is 4.31. The zero-order chi connectivity index (χ0) is 19.2. The average Bonchev–Trinajstić information content (AvgIpc) is 2.65. The van der Waals surface area contributed by atoms with Gasteiger partial charge in [-0.15, -0.1) is 0 Å². The van der Waals surface area contributed by atoms with Crippen LogP contribution >= 0.6 is 0 Å². The van der Waals surface area contributed by atoms with Crippen LogP contribution in [0.25, 0.3) is 5.65 Å². The number of nitrogens with zero attached hydrogens (tertiary/aromatic N) is 2. The van der Waals surface area contributed by atoms with Gasteiger partial charge in [-0.2, -0.15) is 0 Å². The van der Waals surface area contributed by atoms with Crippen LogP contribution in [0.4, 0.5) is 0 Å². The summed E-state index contributed by atoms with van der Waals surface area (Å²) in [5.41, 5.74) is 2.81. The molecule has 1 aromatic carbocycles. The first kappa shape index (κ1) is 18.6. The van der Waals surface area contributed by atoms with E-state index in [2.05, 4.69) is 4.98 Å². The molecule has 0 radical (unpaired) electrons. The smallest absolute Gasteiger partial charge is 0.306 e. The number of fused-ring (bicyclic) bond motifs is 1. The molecule has 140 valence electrons. The van der Waals surface area contributed by atoms with E-state index in [0.717, 1.165) is 16.9 Å². The molecular weight excluding hydrogens is 344 g/mol. The number of aryl methyl sites for hydroxylation is 2. The average molecular weight is 366 g/mol. The monoisotopic (exact) mass is 366 g/mol. The highest BCUT2D eigenvalue weighted by molar-refractivity contribution is 5.69. The quantitative estimate of drug-likeness (QED) is 0.474. The Hall–Kier alpha value is -3.15. The first-order chi connectivity index (χ1) is 13.0. The number of benzene rings is 1. The number of pyridine rings is 1. The first-order valence-corrected chi connectivity index (χ1v) is 8.86. The second-order valence-corrected chi connectivity index (χ2v) is 6.40. The summed E-state index contributed by atoms with van der Waals surface area (Å²) in [6, 6.07) is 12.8. The number of ether oxygens (including phenoxy) is 2. The van der Waals surface area contributed by atoms with Crippen molar-refractivity contribution in [3.63, 3.8) is 0 Å². The summed E-state index contributed by atoms with van der Waals surface area (Å²) in [6.07, 6.45) is 2.53. The fourth-order valence-corrected chi connectivity index (χ4v) is 2.68. The standard InChI is InChI=1S/C21H22N2O4/c1-15-9-10-19-22-17(12-20(24)23(19)13-15)14-27-21(25)8-5-11-26-18-7-4-3-6-16(18)2/h3-4,6-7,9-10,12-13H,5,8,11,14H2,1-2H3. The molecule has 0 saturated carbocycles. The van der Waals surface area contributed by atoms with Crippen LogP contribution in [0.2, 0.25) is 0 Å². The summed E-state index contributed by atoms with van der Waals surface area (Å²) < 4.78 is 12.4. The van der Waals surface area contributed by atoms with Gasteiger partial charge < -0.3 is 9.47 Å². The highest BCUT2D eigenvalue weighted by Gasteiger charge is 2.07. The van der Waals surface area contributed by atoms with Crippen molar-refractivity contribution in [2.75, 3.05) is 6.61 Å². The fourth-order valence-electron chi connectivity index (χ4n) is 2.68. The lowest BCUT2D eigenvalue weighted by Gasteiger charge is -2.09. The lowest BCUT2D eigenvalue weighted by molar-refractivity contribution is -0.145. The maximum absolute atomic E-state index is 12.1. The summed E-state index contributed by atoms with van der Waals surface area (Å²) in [7, 11) is 0. The molecule has 0 bridgehead atoms. The van der Waals surface area contributed by atoms with Gasteiger partial charge in [0.1, 0.15) is 18.0 Å². The van der Waals surface area contributed by atoms with Crippen molar-refractivity contribution in [3.8, 4) is 5.75 Å². The van der Waals surface area contributed by atoms with Crippen LogP contribution in [0.1, 0.15) is 29.7 Å². The van der Waals surface area contributed by atoms with E-state index < -0.39 is 0 Å². The molecule has 0 saturated heterocycles. The Morgan fingerprint density at radius 3 is 2.78 bits per heavy atom. The summed E-state index contributed by atoms with van der Waals surface area (Å²) in [5.74, 6) is 0.483. The fraction of sp³-hybridized carbons (Fsp3) is 0.286. The minimum atomic E-state index is -0.339. The van der Waals surface area contributed by atoms with Crippen molar-refractivity contribution >= 4 is 11.6 Å². The Morgan fingerprint density at radius 1 is 1.15 bits per heavy atom. The number of carbonyl (C=O) groups is 1. The molecule has 0 N–H and O–H groups in total. The molecule has 3 rings (SSSR count). The van der Waals surface area contributed by atoms with Crippen molar-refractivity contribution in [1.82, 2.24) is 9.38 Å². The normalized spacial score (nSPS) is 10.7. The Labute approximate surface area is 157 Å². The number of hydrogen-bond donors (Lipinski definition) is 0. The molecule has 0 fully saturated rings. The highest BCUT2D eigenvalue weighted by Crippen LogP contribution is 2.16. The Kier molecular flexibility index (Phi) is 5.86. The van der Waals surface area contributed by atoms with Gasteiger partial charge in [0.05, 0.1) is 12.3 Å². The number of rotatable bonds is 7. The molecule has 0 aliphatic heterocycles. The predicted molar refractivity (Wildman–Crippen MR) is 102 cm³/mol. The van der Waals surface area contributed by atoms with E-state index in [-0.39, 0.29) is 24.6 Å². The summed E-state index contributed by atoms with van der Waals surface area (Å²) in [4.78, 5) is 28.4. The second kappa shape index (κ2) is 8.49. The number of esters is 1. The molecule has 27 heavy (non-hydrogen) atoms. The number of hydrogen-bond acceptors (Lipinski definition) is 5. The van der Waals surface area contributed by atoms with E-state index >= 15 is 0 Å². The van der Waals surface area contributed by atoms with Crippen molar-refractivity contribution in [1.29, 1.82) is 0 Å². The van der Waals surface area contributed by atoms with Crippen LogP contribution < -0.4 is 10.3 Å². The molecule has 2 heterocycles. The van der Waals surface area contributed by atoms with Gasteiger partial charge in [-0.25, -0.2) is 4.98 Å².